The standard InChI is InChI=1S/C17H23NO4S/c1-3-4-5-8-17(2)10-14(13-7-6-9-18-12-13)16(15(19)11-17)23(20,21)22/h6-7,9-10,12,19H,3-5,8,11H2,1-2H3,(H,20,21,22). The summed E-state index contributed by atoms with van der Waals surface area (Å²) in [5.74, 6) is -0.284. The van der Waals surface area contributed by atoms with Crippen LogP contribution < -0.4 is 0 Å². The predicted molar refractivity (Wildman–Crippen MR) is 90.3 cm³/mol. The third kappa shape index (κ3) is 4.20. The maximum Gasteiger partial charge on any atom is 0.298 e. The molecule has 23 heavy (non-hydrogen) atoms. The Labute approximate surface area is 137 Å². The van der Waals surface area contributed by atoms with Crippen LogP contribution in [0.2, 0.25) is 0 Å². The van der Waals surface area contributed by atoms with Crippen LogP contribution >= 0.6 is 0 Å². The molecule has 2 rings (SSSR count). The number of aliphatic hydroxyl groups excluding tert-OH is 1. The number of nitrogens with zero attached hydrogens (tertiary/aromatic N) is 1. The molecule has 1 aromatic heterocycles. The molecule has 1 aliphatic rings. The van der Waals surface area contributed by atoms with E-state index in [0.29, 0.717) is 11.1 Å². The summed E-state index contributed by atoms with van der Waals surface area (Å²) in [4.78, 5) is 3.60. The van der Waals surface area contributed by atoms with Crippen molar-refractivity contribution in [1.29, 1.82) is 0 Å². The summed E-state index contributed by atoms with van der Waals surface area (Å²) in [6.45, 7) is 4.12. The number of aromatic nitrogens is 1. The first-order chi connectivity index (χ1) is 10.8. The van der Waals surface area contributed by atoms with Gasteiger partial charge in [-0.2, -0.15) is 8.42 Å². The van der Waals surface area contributed by atoms with Gasteiger partial charge in [-0.05, 0) is 17.9 Å². The van der Waals surface area contributed by atoms with E-state index < -0.39 is 15.0 Å². The van der Waals surface area contributed by atoms with E-state index in [-0.39, 0.29) is 17.6 Å². The maximum atomic E-state index is 11.7. The second kappa shape index (κ2) is 6.84. The van der Waals surface area contributed by atoms with Crippen molar-refractivity contribution < 1.29 is 18.1 Å². The lowest BCUT2D eigenvalue weighted by molar-refractivity contribution is 0.286. The Morgan fingerprint density at radius 1 is 1.35 bits per heavy atom. The van der Waals surface area contributed by atoms with Gasteiger partial charge in [-0.1, -0.05) is 45.3 Å². The number of allylic oxidation sites excluding steroid dienone is 3. The summed E-state index contributed by atoms with van der Waals surface area (Å²) in [6, 6.07) is 3.41. The highest BCUT2D eigenvalue weighted by Gasteiger charge is 2.36. The smallest absolute Gasteiger partial charge is 0.298 e. The highest BCUT2D eigenvalue weighted by Crippen LogP contribution is 2.44. The number of hydrogen-bond donors (Lipinski definition) is 2. The van der Waals surface area contributed by atoms with Crippen LogP contribution in [0.15, 0.2) is 41.3 Å². The molecule has 2 N–H and O–H groups in total. The van der Waals surface area contributed by atoms with Crippen molar-refractivity contribution in [3.8, 4) is 0 Å². The Morgan fingerprint density at radius 2 is 2.09 bits per heavy atom. The minimum absolute atomic E-state index is 0.204. The number of pyridine rings is 1. The zero-order valence-electron chi connectivity index (χ0n) is 13.5. The summed E-state index contributed by atoms with van der Waals surface area (Å²) in [5.41, 5.74) is 0.537. The minimum atomic E-state index is -4.51. The van der Waals surface area contributed by atoms with Crippen molar-refractivity contribution >= 4 is 15.7 Å². The molecule has 0 radical (unpaired) electrons. The summed E-state index contributed by atoms with van der Waals surface area (Å²) in [7, 11) is -4.51. The topological polar surface area (TPSA) is 87.5 Å². The van der Waals surface area contributed by atoms with Crippen molar-refractivity contribution in [2.24, 2.45) is 5.41 Å². The van der Waals surface area contributed by atoms with E-state index in [1.165, 1.54) is 6.20 Å². The molecule has 0 fully saturated rings. The number of unbranched alkanes of at least 4 members (excludes halogenated alkanes) is 2. The monoisotopic (exact) mass is 337 g/mol. The number of aliphatic hydroxyl groups is 1. The van der Waals surface area contributed by atoms with Gasteiger partial charge in [0, 0.05) is 30.0 Å². The van der Waals surface area contributed by atoms with Crippen LogP contribution in [-0.4, -0.2) is 23.1 Å². The van der Waals surface area contributed by atoms with Crippen molar-refractivity contribution in [3.05, 3.63) is 46.8 Å². The molecule has 0 saturated heterocycles. The first-order valence-corrected chi connectivity index (χ1v) is 9.24. The van der Waals surface area contributed by atoms with Gasteiger partial charge in [0.25, 0.3) is 10.1 Å². The third-order valence-electron chi connectivity index (χ3n) is 4.15. The van der Waals surface area contributed by atoms with Gasteiger partial charge in [0.05, 0.1) is 0 Å². The molecule has 1 aliphatic carbocycles. The van der Waals surface area contributed by atoms with E-state index in [9.17, 15) is 18.1 Å². The molecule has 1 aromatic rings. The molecular formula is C17H23NO4S. The normalized spacial score (nSPS) is 22.1. The second-order valence-electron chi connectivity index (χ2n) is 6.34. The average molecular weight is 337 g/mol. The Balaban J connectivity index is 2.49. The van der Waals surface area contributed by atoms with Crippen LogP contribution in [0.5, 0.6) is 0 Å². The largest absolute Gasteiger partial charge is 0.511 e. The van der Waals surface area contributed by atoms with Crippen molar-refractivity contribution in [3.63, 3.8) is 0 Å². The second-order valence-corrected chi connectivity index (χ2v) is 7.70. The van der Waals surface area contributed by atoms with E-state index in [0.717, 1.165) is 25.7 Å². The highest BCUT2D eigenvalue weighted by atomic mass is 32.2. The van der Waals surface area contributed by atoms with E-state index in [1.54, 1.807) is 18.3 Å². The van der Waals surface area contributed by atoms with Crippen LogP contribution in [0.25, 0.3) is 5.57 Å². The van der Waals surface area contributed by atoms with Crippen LogP contribution in [0.1, 0.15) is 51.5 Å². The number of rotatable bonds is 6. The summed E-state index contributed by atoms with van der Waals surface area (Å²) in [6.07, 6.45) is 9.19. The Hall–Kier alpha value is -1.66. The van der Waals surface area contributed by atoms with Crippen LogP contribution in [-0.2, 0) is 10.1 Å². The lowest BCUT2D eigenvalue weighted by Gasteiger charge is -2.32. The third-order valence-corrected chi connectivity index (χ3v) is 5.12. The van der Waals surface area contributed by atoms with Gasteiger partial charge >= 0.3 is 0 Å². The molecule has 5 nitrogen and oxygen atoms in total. The fourth-order valence-electron chi connectivity index (χ4n) is 3.05. The quantitative estimate of drug-likeness (QED) is 0.602. The molecule has 1 heterocycles. The van der Waals surface area contributed by atoms with Gasteiger partial charge in [-0.25, -0.2) is 0 Å². The molecule has 6 heteroatoms. The molecule has 0 spiro atoms. The van der Waals surface area contributed by atoms with Gasteiger partial charge in [0.15, 0.2) is 0 Å². The van der Waals surface area contributed by atoms with Crippen LogP contribution in [0, 0.1) is 5.41 Å². The molecule has 0 saturated carbocycles. The molecule has 0 aromatic carbocycles. The van der Waals surface area contributed by atoms with Gasteiger partial charge in [0.2, 0.25) is 0 Å². The maximum absolute atomic E-state index is 11.7. The summed E-state index contributed by atoms with van der Waals surface area (Å²) >= 11 is 0. The van der Waals surface area contributed by atoms with Crippen molar-refractivity contribution in [2.75, 3.05) is 0 Å². The summed E-state index contributed by atoms with van der Waals surface area (Å²) < 4.78 is 33.0. The zero-order valence-corrected chi connectivity index (χ0v) is 14.3. The van der Waals surface area contributed by atoms with Crippen molar-refractivity contribution in [1.82, 2.24) is 4.98 Å². The first kappa shape index (κ1) is 17.7. The van der Waals surface area contributed by atoms with E-state index >= 15 is 0 Å². The van der Waals surface area contributed by atoms with Gasteiger partial charge < -0.3 is 5.11 Å². The molecule has 1 atom stereocenters. The van der Waals surface area contributed by atoms with E-state index in [2.05, 4.69) is 11.9 Å². The highest BCUT2D eigenvalue weighted by molar-refractivity contribution is 7.90. The average Bonchev–Trinajstić information content (AvgIpc) is 2.46. The minimum Gasteiger partial charge on any atom is -0.511 e. The fraction of sp³-hybridized carbons (Fsp3) is 0.471. The Bertz CT molecular complexity index is 722. The molecule has 0 aliphatic heterocycles. The van der Waals surface area contributed by atoms with Gasteiger partial charge in [0.1, 0.15) is 10.7 Å². The van der Waals surface area contributed by atoms with Crippen molar-refractivity contribution in [2.45, 2.75) is 46.0 Å². The lowest BCUT2D eigenvalue weighted by atomic mass is 9.75. The molecule has 126 valence electrons. The van der Waals surface area contributed by atoms with Gasteiger partial charge in [-0.15, -0.1) is 0 Å². The molecule has 1 unspecified atom stereocenters. The van der Waals surface area contributed by atoms with E-state index in [1.807, 2.05) is 13.0 Å². The number of hydrogen-bond acceptors (Lipinski definition) is 4. The SMILES string of the molecule is CCCCCC1(C)C=C(c2cccnc2)C(S(=O)(=O)O)=C(O)C1. The first-order valence-electron chi connectivity index (χ1n) is 7.80. The lowest BCUT2D eigenvalue weighted by Crippen LogP contribution is -2.23. The zero-order chi connectivity index (χ0) is 17.1. The molecule has 0 amide bonds. The molecule has 0 bridgehead atoms. The Kier molecular flexibility index (Phi) is 5.26. The predicted octanol–water partition coefficient (Wildman–Crippen LogP) is 4.11. The van der Waals surface area contributed by atoms with E-state index in [4.69, 9.17) is 0 Å². The molecular weight excluding hydrogens is 314 g/mol. The van der Waals surface area contributed by atoms with Crippen LogP contribution in [0.3, 0.4) is 0 Å². The van der Waals surface area contributed by atoms with Gasteiger partial charge in [-0.3, -0.25) is 9.54 Å². The Morgan fingerprint density at radius 3 is 2.65 bits per heavy atom. The van der Waals surface area contributed by atoms with Crippen LogP contribution in [0.4, 0.5) is 0 Å². The summed E-state index contributed by atoms with van der Waals surface area (Å²) in [5, 5.41) is 10.3. The fourth-order valence-corrected chi connectivity index (χ4v) is 3.87.